The fourth-order valence-electron chi connectivity index (χ4n) is 0.692. The first kappa shape index (κ1) is 10.3. The molecule has 1 aromatic rings. The second-order valence-electron chi connectivity index (χ2n) is 2.34. The zero-order valence-electron chi connectivity index (χ0n) is 6.44. The Labute approximate surface area is 76.9 Å². The van der Waals surface area contributed by atoms with E-state index in [0.717, 1.165) is 0 Å². The predicted octanol–water partition coefficient (Wildman–Crippen LogP) is 2.30. The highest BCUT2D eigenvalue weighted by atomic mass is 35.5. The topological polar surface area (TPSA) is 38.9 Å². The number of nitrogens with zero attached hydrogens (tertiary/aromatic N) is 2. The summed E-state index contributed by atoms with van der Waals surface area (Å²) in [5, 5.41) is 6.81. The first-order valence-corrected chi connectivity index (χ1v) is 3.98. The minimum atomic E-state index is -4.20. The van der Waals surface area contributed by atoms with Crippen LogP contribution < -0.4 is 0 Å². The van der Waals surface area contributed by atoms with Gasteiger partial charge < -0.3 is 4.42 Å². The van der Waals surface area contributed by atoms with Gasteiger partial charge in [-0.05, 0) is 0 Å². The van der Waals surface area contributed by atoms with Gasteiger partial charge in [-0.1, -0.05) is 0 Å². The molecular weight excluding hydrogens is 209 g/mol. The van der Waals surface area contributed by atoms with Crippen LogP contribution in [0.4, 0.5) is 13.2 Å². The van der Waals surface area contributed by atoms with Crippen LogP contribution in [-0.4, -0.2) is 16.4 Å². The number of aryl methyl sites for hydroxylation is 1. The Balaban J connectivity index is 2.46. The van der Waals surface area contributed by atoms with Gasteiger partial charge in [0.2, 0.25) is 11.8 Å². The molecule has 0 unspecified atom stereocenters. The number of rotatable bonds is 3. The van der Waals surface area contributed by atoms with E-state index in [1.807, 2.05) is 0 Å². The van der Waals surface area contributed by atoms with Crippen LogP contribution >= 0.6 is 11.6 Å². The summed E-state index contributed by atoms with van der Waals surface area (Å²) in [5.74, 6) is 0.116. The van der Waals surface area contributed by atoms with Crippen molar-refractivity contribution in [2.75, 3.05) is 0 Å². The van der Waals surface area contributed by atoms with Crippen LogP contribution in [0, 0.1) is 0 Å². The van der Waals surface area contributed by atoms with Gasteiger partial charge in [0.1, 0.15) is 5.88 Å². The van der Waals surface area contributed by atoms with Gasteiger partial charge in [0, 0.05) is 6.42 Å². The number of alkyl halides is 4. The Morgan fingerprint density at radius 2 is 1.85 bits per heavy atom. The van der Waals surface area contributed by atoms with E-state index in [4.69, 9.17) is 16.0 Å². The lowest BCUT2D eigenvalue weighted by Crippen LogP contribution is -2.08. The van der Waals surface area contributed by atoms with E-state index in [-0.39, 0.29) is 24.1 Å². The van der Waals surface area contributed by atoms with Crippen molar-refractivity contribution in [3.05, 3.63) is 11.8 Å². The Morgan fingerprint density at radius 3 is 2.31 bits per heavy atom. The molecule has 0 fully saturated rings. The average Bonchev–Trinajstić information content (AvgIpc) is 2.47. The molecule has 0 saturated carbocycles. The number of halogens is 4. The summed E-state index contributed by atoms with van der Waals surface area (Å²) in [6.07, 6.45) is -5.46. The molecule has 7 heteroatoms. The second-order valence-corrected chi connectivity index (χ2v) is 2.61. The third-order valence-electron chi connectivity index (χ3n) is 1.25. The molecule has 1 rings (SSSR count). The summed E-state index contributed by atoms with van der Waals surface area (Å²) < 4.78 is 39.9. The molecule has 0 saturated heterocycles. The second kappa shape index (κ2) is 3.95. The van der Waals surface area contributed by atoms with E-state index in [9.17, 15) is 13.2 Å². The minimum absolute atomic E-state index is 0.0129. The van der Waals surface area contributed by atoms with E-state index in [1.165, 1.54) is 0 Å². The highest BCUT2D eigenvalue weighted by Gasteiger charge is 2.27. The van der Waals surface area contributed by atoms with Crippen LogP contribution in [0.3, 0.4) is 0 Å². The van der Waals surface area contributed by atoms with Crippen molar-refractivity contribution in [2.45, 2.75) is 24.9 Å². The van der Waals surface area contributed by atoms with E-state index >= 15 is 0 Å². The zero-order chi connectivity index (χ0) is 9.90. The van der Waals surface area contributed by atoms with Crippen molar-refractivity contribution >= 4 is 11.6 Å². The summed E-state index contributed by atoms with van der Waals surface area (Å²) in [7, 11) is 0. The van der Waals surface area contributed by atoms with Crippen molar-refractivity contribution in [1.82, 2.24) is 10.2 Å². The normalized spacial score (nSPS) is 12.0. The maximum atomic E-state index is 11.7. The van der Waals surface area contributed by atoms with E-state index in [2.05, 4.69) is 10.2 Å². The molecule has 0 N–H and O–H groups in total. The number of aromatic nitrogens is 2. The van der Waals surface area contributed by atoms with Gasteiger partial charge in [-0.25, -0.2) is 0 Å². The molecule has 1 aromatic heterocycles. The summed E-state index contributed by atoms with van der Waals surface area (Å²) in [6.45, 7) is 0. The predicted molar refractivity (Wildman–Crippen MR) is 38.2 cm³/mol. The molecular formula is C6H6ClF3N2O. The van der Waals surface area contributed by atoms with E-state index in [1.54, 1.807) is 0 Å². The molecule has 0 radical (unpaired) electrons. The van der Waals surface area contributed by atoms with Crippen LogP contribution in [0.1, 0.15) is 18.2 Å². The Kier molecular flexibility index (Phi) is 3.13. The van der Waals surface area contributed by atoms with Gasteiger partial charge in [0.05, 0.1) is 6.42 Å². The Hall–Kier alpha value is -0.780. The van der Waals surface area contributed by atoms with Crippen LogP contribution in [0.15, 0.2) is 4.42 Å². The lowest BCUT2D eigenvalue weighted by Gasteiger charge is -2.01. The van der Waals surface area contributed by atoms with Gasteiger partial charge in [0.15, 0.2) is 0 Å². The summed E-state index contributed by atoms with van der Waals surface area (Å²) in [5.41, 5.74) is 0. The molecule has 1 heterocycles. The molecule has 74 valence electrons. The van der Waals surface area contributed by atoms with Crippen molar-refractivity contribution < 1.29 is 17.6 Å². The first-order valence-electron chi connectivity index (χ1n) is 3.45. The van der Waals surface area contributed by atoms with Gasteiger partial charge in [-0.3, -0.25) is 0 Å². The van der Waals surface area contributed by atoms with E-state index < -0.39 is 12.6 Å². The Morgan fingerprint density at radius 1 is 1.23 bits per heavy atom. The molecule has 13 heavy (non-hydrogen) atoms. The maximum Gasteiger partial charge on any atom is 0.389 e. The van der Waals surface area contributed by atoms with Gasteiger partial charge >= 0.3 is 6.18 Å². The fraction of sp³-hybridized carbons (Fsp3) is 0.667. The molecule has 3 nitrogen and oxygen atoms in total. The summed E-state index contributed by atoms with van der Waals surface area (Å²) in [6, 6.07) is 0. The maximum absolute atomic E-state index is 11.7. The molecule has 0 spiro atoms. The van der Waals surface area contributed by atoms with E-state index in [0.29, 0.717) is 0 Å². The zero-order valence-corrected chi connectivity index (χ0v) is 7.19. The molecule has 0 aliphatic rings. The van der Waals surface area contributed by atoms with Crippen LogP contribution in [-0.2, 0) is 12.3 Å². The fourth-order valence-corrected chi connectivity index (χ4v) is 0.800. The highest BCUT2D eigenvalue weighted by Crippen LogP contribution is 2.21. The van der Waals surface area contributed by atoms with Gasteiger partial charge in [-0.2, -0.15) is 13.2 Å². The van der Waals surface area contributed by atoms with Gasteiger partial charge in [-0.15, -0.1) is 21.8 Å². The monoisotopic (exact) mass is 214 g/mol. The van der Waals surface area contributed by atoms with Gasteiger partial charge in [0.25, 0.3) is 0 Å². The standard InChI is InChI=1S/C6H6ClF3N2O/c7-3-5-12-11-4(13-5)1-2-6(8,9)10/h1-3H2. The molecule has 0 aromatic carbocycles. The van der Waals surface area contributed by atoms with Crippen LogP contribution in [0.2, 0.25) is 0 Å². The highest BCUT2D eigenvalue weighted by molar-refractivity contribution is 6.16. The SMILES string of the molecule is FC(F)(F)CCc1nnc(CCl)o1. The van der Waals surface area contributed by atoms with Crippen LogP contribution in [0.25, 0.3) is 0 Å². The third kappa shape index (κ3) is 3.63. The van der Waals surface area contributed by atoms with Crippen molar-refractivity contribution in [2.24, 2.45) is 0 Å². The molecule has 0 amide bonds. The number of hydrogen-bond donors (Lipinski definition) is 0. The summed E-state index contributed by atoms with van der Waals surface area (Å²) >= 11 is 5.31. The smallest absolute Gasteiger partial charge is 0.389 e. The molecule has 0 aliphatic heterocycles. The first-order chi connectivity index (χ1) is 6.01. The molecule has 0 atom stereocenters. The number of hydrogen-bond acceptors (Lipinski definition) is 3. The van der Waals surface area contributed by atoms with Crippen molar-refractivity contribution in [3.63, 3.8) is 0 Å². The molecule has 0 bridgehead atoms. The largest absolute Gasteiger partial charge is 0.424 e. The van der Waals surface area contributed by atoms with Crippen molar-refractivity contribution in [1.29, 1.82) is 0 Å². The third-order valence-corrected chi connectivity index (χ3v) is 1.47. The Bertz CT molecular complexity index is 273. The lowest BCUT2D eigenvalue weighted by atomic mass is 10.3. The lowest BCUT2D eigenvalue weighted by molar-refractivity contribution is -0.134. The summed E-state index contributed by atoms with van der Waals surface area (Å²) in [4.78, 5) is 0. The minimum Gasteiger partial charge on any atom is -0.424 e. The molecule has 0 aliphatic carbocycles. The average molecular weight is 215 g/mol. The van der Waals surface area contributed by atoms with Crippen LogP contribution in [0.5, 0.6) is 0 Å². The quantitative estimate of drug-likeness (QED) is 0.725. The van der Waals surface area contributed by atoms with Crippen molar-refractivity contribution in [3.8, 4) is 0 Å².